The monoisotopic (exact) mass is 316 g/mol. The molecule has 0 saturated carbocycles. The largest absolute Gasteiger partial charge is 0.399 e. The summed E-state index contributed by atoms with van der Waals surface area (Å²) in [7, 11) is 0. The summed E-state index contributed by atoms with van der Waals surface area (Å²) in [5, 5.41) is 2.78. The molecule has 3 N–H and O–H groups in total. The van der Waals surface area contributed by atoms with Crippen molar-refractivity contribution in [2.24, 2.45) is 0 Å². The van der Waals surface area contributed by atoms with Crippen molar-refractivity contribution in [2.75, 3.05) is 11.1 Å². The first-order valence-corrected chi connectivity index (χ1v) is 6.53. The number of carbonyl (C=O) groups is 1. The predicted octanol–water partition coefficient (Wildman–Crippen LogP) is 3.68. The number of hydrogen-bond acceptors (Lipinski definition) is 2. The van der Waals surface area contributed by atoms with Gasteiger partial charge in [-0.15, -0.1) is 0 Å². The minimum Gasteiger partial charge on any atom is -0.399 e. The minimum atomic E-state index is -0.167. The molecule has 0 unspecified atom stereocenters. The van der Waals surface area contributed by atoms with Gasteiger partial charge in [-0.1, -0.05) is 28.1 Å². The number of carbonyl (C=O) groups excluding carboxylic acids is 1. The van der Waals surface area contributed by atoms with Gasteiger partial charge in [0.15, 0.2) is 0 Å². The molecule has 0 heterocycles. The third kappa shape index (κ3) is 4.26. The van der Waals surface area contributed by atoms with E-state index in [0.717, 1.165) is 15.7 Å². The van der Waals surface area contributed by atoms with Crippen molar-refractivity contribution in [3.8, 4) is 0 Å². The van der Waals surface area contributed by atoms with Crippen LogP contribution in [0, 0.1) is 0 Å². The van der Waals surface area contributed by atoms with Crippen LogP contribution in [0.5, 0.6) is 0 Å². The smallest absolute Gasteiger partial charge is 0.248 e. The van der Waals surface area contributed by atoms with E-state index in [0.29, 0.717) is 5.69 Å². The number of nitrogens with two attached hydrogens (primary N) is 1. The van der Waals surface area contributed by atoms with Crippen LogP contribution in [-0.2, 0) is 4.79 Å². The molecule has 0 aliphatic rings. The second-order valence-corrected chi connectivity index (χ2v) is 4.91. The van der Waals surface area contributed by atoms with E-state index < -0.39 is 0 Å². The Morgan fingerprint density at radius 1 is 1.05 bits per heavy atom. The highest BCUT2D eigenvalue weighted by atomic mass is 79.9. The molecule has 2 aromatic carbocycles. The van der Waals surface area contributed by atoms with Crippen molar-refractivity contribution in [3.63, 3.8) is 0 Å². The average molecular weight is 317 g/mol. The molecule has 19 heavy (non-hydrogen) atoms. The van der Waals surface area contributed by atoms with E-state index in [2.05, 4.69) is 21.2 Å². The molecule has 3 nitrogen and oxygen atoms in total. The van der Waals surface area contributed by atoms with Gasteiger partial charge in [0.2, 0.25) is 5.91 Å². The zero-order valence-corrected chi connectivity index (χ0v) is 11.7. The minimum absolute atomic E-state index is 0.167. The normalized spacial score (nSPS) is 10.6. The van der Waals surface area contributed by atoms with Crippen LogP contribution in [0.2, 0.25) is 0 Å². The van der Waals surface area contributed by atoms with Crippen LogP contribution in [0.15, 0.2) is 59.1 Å². The Morgan fingerprint density at radius 3 is 2.32 bits per heavy atom. The molecule has 0 radical (unpaired) electrons. The molecule has 0 aromatic heterocycles. The fourth-order valence-electron chi connectivity index (χ4n) is 1.50. The first-order chi connectivity index (χ1) is 9.13. The summed E-state index contributed by atoms with van der Waals surface area (Å²) >= 11 is 3.34. The predicted molar refractivity (Wildman–Crippen MR) is 82.7 cm³/mol. The standard InChI is InChI=1S/C15H13BrN2O/c16-12-4-8-14(9-5-12)18-15(19)10-3-11-1-6-13(17)7-2-11/h1-10H,17H2,(H,18,19)/b10-3+. The van der Waals surface area contributed by atoms with Gasteiger partial charge in [0, 0.05) is 21.9 Å². The first kappa shape index (κ1) is 13.4. The Bertz CT molecular complexity index is 589. The highest BCUT2D eigenvalue weighted by molar-refractivity contribution is 9.10. The third-order valence-corrected chi connectivity index (χ3v) is 3.00. The van der Waals surface area contributed by atoms with Gasteiger partial charge in [-0.05, 0) is 48.0 Å². The molecule has 0 fully saturated rings. The molecule has 0 spiro atoms. The quantitative estimate of drug-likeness (QED) is 0.670. The molecule has 4 heteroatoms. The molecule has 96 valence electrons. The number of nitrogen functional groups attached to an aromatic ring is 1. The molecule has 0 aliphatic carbocycles. The van der Waals surface area contributed by atoms with Gasteiger partial charge in [-0.2, -0.15) is 0 Å². The number of hydrogen-bond donors (Lipinski definition) is 2. The maximum absolute atomic E-state index is 11.7. The number of benzene rings is 2. The Balaban J connectivity index is 1.97. The topological polar surface area (TPSA) is 55.1 Å². The fraction of sp³-hybridized carbons (Fsp3) is 0. The third-order valence-electron chi connectivity index (χ3n) is 2.48. The van der Waals surface area contributed by atoms with Crippen molar-refractivity contribution < 1.29 is 4.79 Å². The summed E-state index contributed by atoms with van der Waals surface area (Å²) in [4.78, 5) is 11.7. The lowest BCUT2D eigenvalue weighted by Crippen LogP contribution is -2.07. The van der Waals surface area contributed by atoms with Gasteiger partial charge < -0.3 is 11.1 Å². The summed E-state index contributed by atoms with van der Waals surface area (Å²) in [6.07, 6.45) is 3.24. The van der Waals surface area contributed by atoms with Crippen LogP contribution in [0.1, 0.15) is 5.56 Å². The van der Waals surface area contributed by atoms with E-state index in [1.54, 1.807) is 18.2 Å². The Kier molecular flexibility index (Phi) is 4.36. The molecular weight excluding hydrogens is 304 g/mol. The Morgan fingerprint density at radius 2 is 1.68 bits per heavy atom. The zero-order chi connectivity index (χ0) is 13.7. The van der Waals surface area contributed by atoms with Gasteiger partial charge in [-0.25, -0.2) is 0 Å². The lowest BCUT2D eigenvalue weighted by molar-refractivity contribution is -0.111. The van der Waals surface area contributed by atoms with E-state index in [1.807, 2.05) is 36.4 Å². The molecular formula is C15H13BrN2O. The van der Waals surface area contributed by atoms with E-state index in [4.69, 9.17) is 5.73 Å². The SMILES string of the molecule is Nc1ccc(/C=C/C(=O)Nc2ccc(Br)cc2)cc1. The number of halogens is 1. The number of rotatable bonds is 3. The van der Waals surface area contributed by atoms with Gasteiger partial charge in [-0.3, -0.25) is 4.79 Å². The van der Waals surface area contributed by atoms with E-state index in [1.165, 1.54) is 6.08 Å². The Labute approximate surface area is 120 Å². The summed E-state index contributed by atoms with van der Waals surface area (Å²) in [6.45, 7) is 0. The van der Waals surface area contributed by atoms with E-state index in [-0.39, 0.29) is 5.91 Å². The van der Waals surface area contributed by atoms with E-state index in [9.17, 15) is 4.79 Å². The first-order valence-electron chi connectivity index (χ1n) is 5.74. The highest BCUT2D eigenvalue weighted by Crippen LogP contribution is 2.14. The summed E-state index contributed by atoms with van der Waals surface area (Å²) in [6, 6.07) is 14.7. The second kappa shape index (κ2) is 6.20. The lowest BCUT2D eigenvalue weighted by Gasteiger charge is -2.01. The van der Waals surface area contributed by atoms with Gasteiger partial charge in [0.1, 0.15) is 0 Å². The summed E-state index contributed by atoms with van der Waals surface area (Å²) in [5.74, 6) is -0.167. The van der Waals surface area contributed by atoms with Crippen LogP contribution in [0.4, 0.5) is 11.4 Å². The molecule has 0 aliphatic heterocycles. The molecule has 0 atom stereocenters. The van der Waals surface area contributed by atoms with Crippen LogP contribution in [0.25, 0.3) is 6.08 Å². The molecule has 1 amide bonds. The zero-order valence-electron chi connectivity index (χ0n) is 10.1. The van der Waals surface area contributed by atoms with E-state index >= 15 is 0 Å². The van der Waals surface area contributed by atoms with Gasteiger partial charge in [0.05, 0.1) is 0 Å². The molecule has 0 saturated heterocycles. The maximum atomic E-state index is 11.7. The maximum Gasteiger partial charge on any atom is 0.248 e. The summed E-state index contributed by atoms with van der Waals surface area (Å²) < 4.78 is 0.975. The Hall–Kier alpha value is -2.07. The second-order valence-electron chi connectivity index (χ2n) is 4.00. The van der Waals surface area contributed by atoms with Crippen molar-refractivity contribution >= 4 is 39.3 Å². The molecule has 0 bridgehead atoms. The molecule has 2 rings (SSSR count). The highest BCUT2D eigenvalue weighted by Gasteiger charge is 1.97. The fourth-order valence-corrected chi connectivity index (χ4v) is 1.76. The lowest BCUT2D eigenvalue weighted by atomic mass is 10.2. The summed E-state index contributed by atoms with van der Waals surface area (Å²) in [5.41, 5.74) is 7.98. The van der Waals surface area contributed by atoms with Crippen molar-refractivity contribution in [3.05, 3.63) is 64.6 Å². The van der Waals surface area contributed by atoms with Crippen LogP contribution < -0.4 is 11.1 Å². The van der Waals surface area contributed by atoms with Crippen molar-refractivity contribution in [1.82, 2.24) is 0 Å². The van der Waals surface area contributed by atoms with Crippen molar-refractivity contribution in [1.29, 1.82) is 0 Å². The average Bonchev–Trinajstić information content (AvgIpc) is 2.41. The van der Waals surface area contributed by atoms with Crippen LogP contribution in [0.3, 0.4) is 0 Å². The van der Waals surface area contributed by atoms with Crippen LogP contribution >= 0.6 is 15.9 Å². The number of anilines is 2. The number of nitrogens with one attached hydrogen (secondary N) is 1. The molecule has 2 aromatic rings. The van der Waals surface area contributed by atoms with Crippen LogP contribution in [-0.4, -0.2) is 5.91 Å². The van der Waals surface area contributed by atoms with Gasteiger partial charge >= 0.3 is 0 Å². The van der Waals surface area contributed by atoms with Crippen molar-refractivity contribution in [2.45, 2.75) is 0 Å². The number of amides is 1. The van der Waals surface area contributed by atoms with Gasteiger partial charge in [0.25, 0.3) is 0 Å².